The average molecular weight is 384 g/mol. The largest absolute Gasteiger partial charge is 0.457 e. The lowest BCUT2D eigenvalue weighted by atomic mass is 9.62. The maximum atomic E-state index is 6.28. The topological polar surface area (TPSA) is 31.4 Å². The molecule has 4 heteroatoms. The van der Waals surface area contributed by atoms with Crippen LogP contribution in [0.1, 0.15) is 22.3 Å². The van der Waals surface area contributed by atoms with E-state index in [1.54, 1.807) is 0 Å². The highest BCUT2D eigenvalue weighted by Gasteiger charge is 2.51. The predicted octanol–water partition coefficient (Wildman–Crippen LogP) is 6.33. The van der Waals surface area contributed by atoms with Crippen molar-refractivity contribution < 1.29 is 9.47 Å². The van der Waals surface area contributed by atoms with Gasteiger partial charge in [0.25, 0.3) is 0 Å². The van der Waals surface area contributed by atoms with E-state index in [9.17, 15) is 0 Å². The first-order valence-electron chi connectivity index (χ1n) is 9.09. The number of benzene rings is 3. The van der Waals surface area contributed by atoms with Gasteiger partial charge in [-0.3, -0.25) is 0 Å². The number of nitrogens with zero attached hydrogens (tertiary/aromatic N) is 1. The zero-order valence-electron chi connectivity index (χ0n) is 14.7. The number of fused-ring (bicyclic) bond motifs is 4. The molecule has 3 nitrogen and oxygen atoms in total. The molecule has 1 aromatic heterocycles. The molecule has 3 heterocycles. The second-order valence-electron chi connectivity index (χ2n) is 6.95. The smallest absolute Gasteiger partial charge is 0.135 e. The molecule has 0 saturated heterocycles. The first-order chi connectivity index (χ1) is 13.8. The van der Waals surface area contributed by atoms with E-state index in [2.05, 4.69) is 17.1 Å². The van der Waals surface area contributed by atoms with Crippen molar-refractivity contribution >= 4 is 11.6 Å². The summed E-state index contributed by atoms with van der Waals surface area (Å²) in [5, 5.41) is 0.467. The second kappa shape index (κ2) is 5.60. The lowest BCUT2D eigenvalue weighted by molar-refractivity contribution is 0.385. The maximum Gasteiger partial charge on any atom is 0.135 e. The number of halogens is 1. The standard InChI is InChI=1S/C24H14ClNO2/c25-22-13-12-15(14-26-22)24-16-6-1-3-8-18(16)27-20-10-5-11-21(23(20)24)28-19-9-4-2-7-17(19)24/h1-14H. The number of hydrogen-bond acceptors (Lipinski definition) is 3. The summed E-state index contributed by atoms with van der Waals surface area (Å²) >= 11 is 6.12. The molecule has 134 valence electrons. The van der Waals surface area contributed by atoms with Crippen LogP contribution in [0.15, 0.2) is 85.1 Å². The van der Waals surface area contributed by atoms with Crippen LogP contribution in [0.4, 0.5) is 0 Å². The molecule has 0 saturated carbocycles. The summed E-state index contributed by atoms with van der Waals surface area (Å²) in [6, 6.07) is 26.1. The zero-order chi connectivity index (χ0) is 18.7. The van der Waals surface area contributed by atoms with E-state index in [1.807, 2.05) is 72.9 Å². The van der Waals surface area contributed by atoms with Crippen molar-refractivity contribution in [1.29, 1.82) is 0 Å². The van der Waals surface area contributed by atoms with Crippen LogP contribution >= 0.6 is 11.6 Å². The van der Waals surface area contributed by atoms with Gasteiger partial charge in [-0.25, -0.2) is 4.98 Å². The SMILES string of the molecule is Clc1ccc(C23c4ccccc4Oc4cccc(c42)Oc2ccccc23)cn1. The first-order valence-corrected chi connectivity index (χ1v) is 9.46. The second-order valence-corrected chi connectivity index (χ2v) is 7.33. The molecule has 6 rings (SSSR count). The molecule has 2 aliphatic heterocycles. The van der Waals surface area contributed by atoms with Crippen molar-refractivity contribution in [3.8, 4) is 23.0 Å². The zero-order valence-corrected chi connectivity index (χ0v) is 15.5. The van der Waals surface area contributed by atoms with Crippen LogP contribution in [0.5, 0.6) is 23.0 Å². The van der Waals surface area contributed by atoms with Crippen molar-refractivity contribution in [3.63, 3.8) is 0 Å². The monoisotopic (exact) mass is 383 g/mol. The Morgan fingerprint density at radius 3 is 1.79 bits per heavy atom. The minimum atomic E-state index is -0.590. The summed E-state index contributed by atoms with van der Waals surface area (Å²) < 4.78 is 12.6. The Morgan fingerprint density at radius 1 is 0.643 bits per heavy atom. The van der Waals surface area contributed by atoms with Crippen molar-refractivity contribution in [2.45, 2.75) is 5.41 Å². The highest BCUT2D eigenvalue weighted by Crippen LogP contribution is 2.62. The van der Waals surface area contributed by atoms with E-state index in [1.165, 1.54) is 0 Å². The van der Waals surface area contributed by atoms with Crippen LogP contribution in [-0.2, 0) is 5.41 Å². The molecule has 0 bridgehead atoms. The number of pyridine rings is 1. The van der Waals surface area contributed by atoms with Crippen molar-refractivity contribution in [3.05, 3.63) is 112 Å². The molecular formula is C24H14ClNO2. The van der Waals surface area contributed by atoms with Crippen LogP contribution in [0.25, 0.3) is 0 Å². The first kappa shape index (κ1) is 15.7. The summed E-state index contributed by atoms with van der Waals surface area (Å²) in [4.78, 5) is 4.40. The molecule has 0 N–H and O–H groups in total. The Balaban J connectivity index is 1.84. The van der Waals surface area contributed by atoms with E-state index in [-0.39, 0.29) is 0 Å². The van der Waals surface area contributed by atoms with Crippen LogP contribution in [0, 0.1) is 0 Å². The van der Waals surface area contributed by atoms with Crippen LogP contribution in [-0.4, -0.2) is 4.98 Å². The Morgan fingerprint density at radius 2 is 1.21 bits per heavy atom. The van der Waals surface area contributed by atoms with Gasteiger partial charge in [-0.2, -0.15) is 0 Å². The Kier molecular flexibility index (Phi) is 3.15. The van der Waals surface area contributed by atoms with Gasteiger partial charge in [0.1, 0.15) is 28.2 Å². The third kappa shape index (κ3) is 1.92. The van der Waals surface area contributed by atoms with Gasteiger partial charge < -0.3 is 9.47 Å². The number of para-hydroxylation sites is 2. The van der Waals surface area contributed by atoms with Gasteiger partial charge in [0.05, 0.1) is 11.0 Å². The van der Waals surface area contributed by atoms with Gasteiger partial charge in [0, 0.05) is 17.3 Å². The molecule has 0 fully saturated rings. The fourth-order valence-corrected chi connectivity index (χ4v) is 4.60. The quantitative estimate of drug-likeness (QED) is 0.311. The Hall–Kier alpha value is -3.30. The van der Waals surface area contributed by atoms with Crippen molar-refractivity contribution in [2.75, 3.05) is 0 Å². The third-order valence-electron chi connectivity index (χ3n) is 5.55. The van der Waals surface area contributed by atoms with Crippen molar-refractivity contribution in [1.82, 2.24) is 4.98 Å². The van der Waals surface area contributed by atoms with Gasteiger partial charge in [-0.1, -0.05) is 60.1 Å². The minimum absolute atomic E-state index is 0.467. The van der Waals surface area contributed by atoms with E-state index < -0.39 is 5.41 Å². The van der Waals surface area contributed by atoms with E-state index >= 15 is 0 Å². The molecule has 4 aromatic rings. The number of rotatable bonds is 1. The van der Waals surface area contributed by atoms with Crippen LogP contribution in [0.2, 0.25) is 5.15 Å². The van der Waals surface area contributed by atoms with E-state index in [0.29, 0.717) is 5.15 Å². The van der Waals surface area contributed by atoms with Gasteiger partial charge >= 0.3 is 0 Å². The Bertz CT molecular complexity index is 1170. The molecule has 0 aliphatic carbocycles. The summed E-state index contributed by atoms with van der Waals surface area (Å²) in [7, 11) is 0. The molecular weight excluding hydrogens is 370 g/mol. The molecule has 0 atom stereocenters. The van der Waals surface area contributed by atoms with Gasteiger partial charge in [-0.15, -0.1) is 0 Å². The van der Waals surface area contributed by atoms with Crippen LogP contribution in [0.3, 0.4) is 0 Å². The van der Waals surface area contributed by atoms with Crippen molar-refractivity contribution in [2.24, 2.45) is 0 Å². The fraction of sp³-hybridized carbons (Fsp3) is 0.0417. The van der Waals surface area contributed by atoms with E-state index in [0.717, 1.165) is 45.3 Å². The minimum Gasteiger partial charge on any atom is -0.457 e. The molecule has 0 radical (unpaired) electrons. The summed E-state index contributed by atoms with van der Waals surface area (Å²) in [6.45, 7) is 0. The lowest BCUT2D eigenvalue weighted by Gasteiger charge is -2.44. The predicted molar refractivity (Wildman–Crippen MR) is 108 cm³/mol. The van der Waals surface area contributed by atoms with Gasteiger partial charge in [0.15, 0.2) is 0 Å². The molecule has 0 amide bonds. The average Bonchev–Trinajstić information content (AvgIpc) is 2.74. The number of hydrogen-bond donors (Lipinski definition) is 0. The highest BCUT2D eigenvalue weighted by atomic mass is 35.5. The number of aromatic nitrogens is 1. The lowest BCUT2D eigenvalue weighted by Crippen LogP contribution is -2.37. The molecule has 3 aromatic carbocycles. The summed E-state index contributed by atoms with van der Waals surface area (Å²) in [5.74, 6) is 3.25. The Labute approximate surface area is 167 Å². The third-order valence-corrected chi connectivity index (χ3v) is 5.77. The number of ether oxygens (including phenoxy) is 2. The van der Waals surface area contributed by atoms with E-state index in [4.69, 9.17) is 21.1 Å². The normalized spacial score (nSPS) is 14.8. The molecule has 2 aliphatic rings. The molecule has 0 spiro atoms. The molecule has 28 heavy (non-hydrogen) atoms. The summed E-state index contributed by atoms with van der Waals surface area (Å²) in [5.41, 5.74) is 3.56. The maximum absolute atomic E-state index is 6.28. The summed E-state index contributed by atoms with van der Waals surface area (Å²) in [6.07, 6.45) is 1.85. The van der Waals surface area contributed by atoms with Gasteiger partial charge in [0.2, 0.25) is 0 Å². The highest BCUT2D eigenvalue weighted by molar-refractivity contribution is 6.29. The van der Waals surface area contributed by atoms with Crippen LogP contribution < -0.4 is 9.47 Å². The fourth-order valence-electron chi connectivity index (χ4n) is 4.49. The molecule has 0 unspecified atom stereocenters. The van der Waals surface area contributed by atoms with Gasteiger partial charge in [-0.05, 0) is 35.9 Å².